The fourth-order valence-corrected chi connectivity index (χ4v) is 3.35. The molecule has 0 aliphatic heterocycles. The number of nitrogens with one attached hydrogen (secondary N) is 2. The minimum Gasteiger partial charge on any atom is -0.342 e. The van der Waals surface area contributed by atoms with Gasteiger partial charge in [-0.05, 0) is 35.9 Å². The molecule has 0 aliphatic carbocycles. The van der Waals surface area contributed by atoms with Gasteiger partial charge in [0.25, 0.3) is 5.56 Å². The fourth-order valence-electron chi connectivity index (χ4n) is 3.35. The molecule has 162 valence electrons. The molecule has 0 saturated heterocycles. The van der Waals surface area contributed by atoms with Crippen molar-refractivity contribution in [3.63, 3.8) is 0 Å². The van der Waals surface area contributed by atoms with Gasteiger partial charge in [-0.15, -0.1) is 0 Å². The second-order valence-corrected chi connectivity index (χ2v) is 7.35. The lowest BCUT2D eigenvalue weighted by Gasteiger charge is -2.04. The molecular formula is C23H20FN5O3. The molecule has 0 atom stereocenters. The molecule has 8 nitrogen and oxygen atoms in total. The van der Waals surface area contributed by atoms with Gasteiger partial charge in [0.1, 0.15) is 11.6 Å². The number of carbonyl (C=O) groups excluding carboxylic acids is 1. The predicted molar refractivity (Wildman–Crippen MR) is 120 cm³/mol. The van der Waals surface area contributed by atoms with Crippen LogP contribution in [0.2, 0.25) is 0 Å². The maximum Gasteiger partial charge on any atom is 0.330 e. The number of hydrogen-bond donors (Lipinski definition) is 2. The van der Waals surface area contributed by atoms with E-state index in [9.17, 15) is 18.8 Å². The van der Waals surface area contributed by atoms with Crippen molar-refractivity contribution in [2.75, 3.05) is 5.32 Å². The van der Waals surface area contributed by atoms with E-state index in [1.165, 1.54) is 43.1 Å². The van der Waals surface area contributed by atoms with Gasteiger partial charge in [0.05, 0.1) is 16.6 Å². The number of aryl methyl sites for hydroxylation is 1. The molecular weight excluding hydrogens is 413 g/mol. The average Bonchev–Trinajstić information content (AvgIpc) is 3.17. The van der Waals surface area contributed by atoms with E-state index in [0.717, 1.165) is 4.57 Å². The standard InChI is InChI=1S/C23H20FN5O3/c1-28-13-15(22(31)29(2)23(28)32)7-10-21(30)25-16-8-9-18-19(12-16)27-20(26-18)11-14-5-3-4-6-17(14)24/h3-10,12-13H,11H2,1-2H3,(H,25,30)(H,26,27). The zero-order valence-corrected chi connectivity index (χ0v) is 17.4. The quantitative estimate of drug-likeness (QED) is 0.472. The summed E-state index contributed by atoms with van der Waals surface area (Å²) in [4.78, 5) is 43.8. The summed E-state index contributed by atoms with van der Waals surface area (Å²) >= 11 is 0. The monoisotopic (exact) mass is 433 g/mol. The molecule has 0 saturated carbocycles. The number of benzene rings is 2. The summed E-state index contributed by atoms with van der Waals surface area (Å²) in [5.74, 6) is -0.119. The second-order valence-electron chi connectivity index (χ2n) is 7.35. The maximum atomic E-state index is 13.9. The molecule has 2 aromatic carbocycles. The van der Waals surface area contributed by atoms with Crippen LogP contribution in [0.15, 0.2) is 64.3 Å². The van der Waals surface area contributed by atoms with Crippen LogP contribution in [0.5, 0.6) is 0 Å². The number of carbonyl (C=O) groups is 1. The smallest absolute Gasteiger partial charge is 0.330 e. The summed E-state index contributed by atoms with van der Waals surface area (Å²) in [5.41, 5.74) is 1.74. The highest BCUT2D eigenvalue weighted by Crippen LogP contribution is 2.19. The van der Waals surface area contributed by atoms with Crippen LogP contribution in [0.25, 0.3) is 17.1 Å². The summed E-state index contributed by atoms with van der Waals surface area (Å²) in [7, 11) is 2.90. The highest BCUT2D eigenvalue weighted by atomic mass is 19.1. The van der Waals surface area contributed by atoms with Gasteiger partial charge < -0.3 is 14.9 Å². The number of aromatic nitrogens is 4. The summed E-state index contributed by atoms with van der Waals surface area (Å²) in [6, 6.07) is 11.7. The van der Waals surface area contributed by atoms with Crippen LogP contribution >= 0.6 is 0 Å². The Hall–Kier alpha value is -4.27. The number of nitrogens with zero attached hydrogens (tertiary/aromatic N) is 3. The molecule has 0 bridgehead atoms. The van der Waals surface area contributed by atoms with Crippen molar-refractivity contribution in [2.45, 2.75) is 6.42 Å². The van der Waals surface area contributed by atoms with Crippen molar-refractivity contribution >= 4 is 28.7 Å². The molecule has 0 unspecified atom stereocenters. The minimum atomic E-state index is -0.488. The first-order valence-electron chi connectivity index (χ1n) is 9.79. The van der Waals surface area contributed by atoms with Crippen LogP contribution in [-0.4, -0.2) is 25.0 Å². The number of rotatable bonds is 5. The zero-order chi connectivity index (χ0) is 22.8. The number of fused-ring (bicyclic) bond motifs is 1. The molecule has 1 amide bonds. The number of H-pyrrole nitrogens is 1. The number of hydrogen-bond acceptors (Lipinski definition) is 4. The summed E-state index contributed by atoms with van der Waals surface area (Å²) in [6.45, 7) is 0. The van der Waals surface area contributed by atoms with Crippen molar-refractivity contribution in [1.29, 1.82) is 0 Å². The molecule has 2 heterocycles. The van der Waals surface area contributed by atoms with Gasteiger partial charge in [-0.3, -0.25) is 14.2 Å². The first kappa shape index (κ1) is 21.0. The lowest BCUT2D eigenvalue weighted by molar-refractivity contribution is -0.111. The van der Waals surface area contributed by atoms with Gasteiger partial charge in [-0.1, -0.05) is 18.2 Å². The molecule has 0 radical (unpaired) electrons. The maximum absolute atomic E-state index is 13.9. The van der Waals surface area contributed by atoms with Crippen LogP contribution in [-0.2, 0) is 25.3 Å². The van der Waals surface area contributed by atoms with E-state index in [1.807, 2.05) is 0 Å². The third-order valence-electron chi connectivity index (χ3n) is 5.00. The normalized spacial score (nSPS) is 11.3. The summed E-state index contributed by atoms with van der Waals surface area (Å²) in [6.07, 6.45) is 4.28. The van der Waals surface area contributed by atoms with E-state index in [4.69, 9.17) is 0 Å². The number of aromatic amines is 1. The van der Waals surface area contributed by atoms with E-state index in [0.29, 0.717) is 34.5 Å². The van der Waals surface area contributed by atoms with Gasteiger partial charge in [-0.2, -0.15) is 0 Å². The van der Waals surface area contributed by atoms with Crippen LogP contribution in [0, 0.1) is 5.82 Å². The zero-order valence-electron chi connectivity index (χ0n) is 17.4. The second kappa shape index (κ2) is 8.46. The molecule has 2 N–H and O–H groups in total. The highest BCUT2D eigenvalue weighted by molar-refractivity contribution is 6.02. The first-order valence-corrected chi connectivity index (χ1v) is 9.79. The SMILES string of the molecule is Cn1cc(C=CC(=O)Nc2ccc3nc(Cc4ccccc4F)[nH]c3c2)c(=O)n(C)c1=O. The molecule has 4 rings (SSSR count). The largest absolute Gasteiger partial charge is 0.342 e. The van der Waals surface area contributed by atoms with E-state index in [-0.39, 0.29) is 11.4 Å². The molecule has 9 heteroatoms. The molecule has 4 aromatic rings. The Morgan fingerprint density at radius 1 is 1.19 bits per heavy atom. The van der Waals surface area contributed by atoms with Crippen molar-refractivity contribution in [2.24, 2.45) is 14.1 Å². The van der Waals surface area contributed by atoms with Crippen LogP contribution < -0.4 is 16.6 Å². The Labute approximate surface area is 181 Å². The number of amides is 1. The van der Waals surface area contributed by atoms with E-state index in [1.54, 1.807) is 36.4 Å². The summed E-state index contributed by atoms with van der Waals surface area (Å²) in [5, 5.41) is 2.72. The Morgan fingerprint density at radius 2 is 1.97 bits per heavy atom. The van der Waals surface area contributed by atoms with E-state index in [2.05, 4.69) is 15.3 Å². The van der Waals surface area contributed by atoms with Gasteiger partial charge in [0, 0.05) is 38.5 Å². The van der Waals surface area contributed by atoms with Crippen LogP contribution in [0.4, 0.5) is 10.1 Å². The Morgan fingerprint density at radius 3 is 2.75 bits per heavy atom. The lowest BCUT2D eigenvalue weighted by Crippen LogP contribution is -2.37. The lowest BCUT2D eigenvalue weighted by atomic mass is 10.1. The molecule has 0 aliphatic rings. The minimum absolute atomic E-state index is 0.214. The molecule has 32 heavy (non-hydrogen) atoms. The molecule has 2 aromatic heterocycles. The average molecular weight is 433 g/mol. The fraction of sp³-hybridized carbons (Fsp3) is 0.130. The summed E-state index contributed by atoms with van der Waals surface area (Å²) < 4.78 is 16.1. The van der Waals surface area contributed by atoms with Gasteiger partial charge in [-0.25, -0.2) is 14.2 Å². The van der Waals surface area contributed by atoms with Gasteiger partial charge >= 0.3 is 5.69 Å². The number of imidazole rings is 1. The Bertz CT molecular complexity index is 1480. The topological polar surface area (TPSA) is 102 Å². The number of halogens is 1. The van der Waals surface area contributed by atoms with Crippen molar-refractivity contribution in [3.8, 4) is 0 Å². The van der Waals surface area contributed by atoms with Crippen LogP contribution in [0.1, 0.15) is 17.0 Å². The highest BCUT2D eigenvalue weighted by Gasteiger charge is 2.09. The van der Waals surface area contributed by atoms with Crippen LogP contribution in [0.3, 0.4) is 0 Å². The van der Waals surface area contributed by atoms with Crippen molar-refractivity contribution in [1.82, 2.24) is 19.1 Å². The molecule has 0 spiro atoms. The van der Waals surface area contributed by atoms with Gasteiger partial charge in [0.2, 0.25) is 5.91 Å². The van der Waals surface area contributed by atoms with Gasteiger partial charge in [0.15, 0.2) is 0 Å². The Balaban J connectivity index is 1.50. The van der Waals surface area contributed by atoms with Crippen molar-refractivity contribution < 1.29 is 9.18 Å². The third-order valence-corrected chi connectivity index (χ3v) is 5.00. The molecule has 0 fully saturated rings. The predicted octanol–water partition coefficient (Wildman–Crippen LogP) is 2.34. The Kier molecular flexibility index (Phi) is 5.55. The number of anilines is 1. The van der Waals surface area contributed by atoms with Crippen molar-refractivity contribution in [3.05, 3.63) is 98.3 Å². The third kappa shape index (κ3) is 4.27. The van der Waals surface area contributed by atoms with E-state index >= 15 is 0 Å². The first-order chi connectivity index (χ1) is 15.3. The van der Waals surface area contributed by atoms with E-state index < -0.39 is 17.2 Å².